The minimum atomic E-state index is -0.404. The van der Waals surface area contributed by atoms with Gasteiger partial charge in [-0.2, -0.15) is 0 Å². The lowest BCUT2D eigenvalue weighted by Crippen LogP contribution is -2.32. The van der Waals surface area contributed by atoms with Crippen molar-refractivity contribution in [1.82, 2.24) is 10.2 Å². The summed E-state index contributed by atoms with van der Waals surface area (Å²) >= 11 is 0. The van der Waals surface area contributed by atoms with Crippen LogP contribution in [0.3, 0.4) is 0 Å². The van der Waals surface area contributed by atoms with E-state index in [1.807, 2.05) is 0 Å². The van der Waals surface area contributed by atoms with Gasteiger partial charge >= 0.3 is 0 Å². The van der Waals surface area contributed by atoms with Crippen molar-refractivity contribution in [2.45, 2.75) is 97.3 Å². The summed E-state index contributed by atoms with van der Waals surface area (Å²) in [6.45, 7) is 8.22. The molecule has 0 aromatic carbocycles. The summed E-state index contributed by atoms with van der Waals surface area (Å²) in [5.41, 5.74) is 0. The van der Waals surface area contributed by atoms with Crippen LogP contribution in [-0.2, 0) is 4.79 Å². The molecule has 0 rings (SSSR count). The number of amides is 1. The molecule has 0 fully saturated rings. The van der Waals surface area contributed by atoms with E-state index in [2.05, 4.69) is 24.1 Å². The van der Waals surface area contributed by atoms with E-state index >= 15 is 0 Å². The van der Waals surface area contributed by atoms with Gasteiger partial charge in [0, 0.05) is 6.54 Å². The first-order chi connectivity index (χ1) is 12.2. The van der Waals surface area contributed by atoms with Gasteiger partial charge in [0.05, 0.1) is 0 Å². The summed E-state index contributed by atoms with van der Waals surface area (Å²) in [5, 5.41) is 11.5. The number of aliphatic hydroxyl groups excluding tert-OH is 1. The quantitative estimate of drug-likeness (QED) is 0.335. The average Bonchev–Trinajstić information content (AvgIpc) is 2.63. The lowest BCUT2D eigenvalue weighted by Gasteiger charge is -2.22. The highest BCUT2D eigenvalue weighted by molar-refractivity contribution is 5.76. The zero-order valence-corrected chi connectivity index (χ0v) is 17.0. The molecular formula is C21H44N2O2. The zero-order valence-electron chi connectivity index (χ0n) is 17.0. The molecule has 0 atom stereocenters. The van der Waals surface area contributed by atoms with E-state index in [0.717, 1.165) is 13.0 Å². The topological polar surface area (TPSA) is 52.6 Å². The highest BCUT2D eigenvalue weighted by atomic mass is 16.3. The molecule has 0 unspecified atom stereocenters. The zero-order chi connectivity index (χ0) is 18.6. The number of carbonyl (C=O) groups excluding carboxylic acids is 1. The second-order valence-electron chi connectivity index (χ2n) is 7.24. The van der Waals surface area contributed by atoms with Gasteiger partial charge < -0.3 is 15.3 Å². The van der Waals surface area contributed by atoms with Crippen LogP contribution in [0.5, 0.6) is 0 Å². The highest BCUT2D eigenvalue weighted by Gasteiger charge is 2.05. The maximum Gasteiger partial charge on any atom is 0.245 e. The first-order valence-electron chi connectivity index (χ1n) is 10.8. The van der Waals surface area contributed by atoms with Crippen molar-refractivity contribution >= 4 is 5.91 Å². The van der Waals surface area contributed by atoms with Crippen LogP contribution in [-0.4, -0.2) is 48.7 Å². The third-order valence-corrected chi connectivity index (χ3v) is 4.77. The lowest BCUT2D eigenvalue weighted by molar-refractivity contribution is -0.123. The maximum atomic E-state index is 11.1. The summed E-state index contributed by atoms with van der Waals surface area (Å²) < 4.78 is 0. The number of rotatable bonds is 19. The van der Waals surface area contributed by atoms with E-state index in [1.165, 1.54) is 90.1 Å². The molecule has 0 spiro atoms. The Morgan fingerprint density at radius 2 is 1.16 bits per heavy atom. The van der Waals surface area contributed by atoms with E-state index in [-0.39, 0.29) is 5.91 Å². The molecule has 25 heavy (non-hydrogen) atoms. The number of nitrogens with one attached hydrogen (secondary N) is 1. The Bertz CT molecular complexity index is 269. The molecule has 2 N–H and O–H groups in total. The fourth-order valence-corrected chi connectivity index (χ4v) is 3.15. The van der Waals surface area contributed by atoms with E-state index in [9.17, 15) is 4.79 Å². The van der Waals surface area contributed by atoms with Gasteiger partial charge in [0.15, 0.2) is 0 Å². The van der Waals surface area contributed by atoms with E-state index in [0.29, 0.717) is 6.54 Å². The molecular weight excluding hydrogens is 312 g/mol. The van der Waals surface area contributed by atoms with Gasteiger partial charge in [0.2, 0.25) is 5.91 Å². The second kappa shape index (κ2) is 19.7. The Kier molecular flexibility index (Phi) is 19.2. The summed E-state index contributed by atoms with van der Waals surface area (Å²) in [7, 11) is 0. The number of carbonyl (C=O) groups is 1. The van der Waals surface area contributed by atoms with Crippen LogP contribution in [0, 0.1) is 0 Å². The summed E-state index contributed by atoms with van der Waals surface area (Å²) in [6.07, 6.45) is 17.1. The highest BCUT2D eigenvalue weighted by Crippen LogP contribution is 2.09. The third kappa shape index (κ3) is 18.0. The van der Waals surface area contributed by atoms with Gasteiger partial charge in [0.25, 0.3) is 0 Å². The molecule has 4 heteroatoms. The number of hydrogen-bond donors (Lipinski definition) is 2. The van der Waals surface area contributed by atoms with Gasteiger partial charge in [-0.1, -0.05) is 78.1 Å². The summed E-state index contributed by atoms with van der Waals surface area (Å²) in [5.74, 6) is -0.265. The van der Waals surface area contributed by atoms with Crippen molar-refractivity contribution < 1.29 is 9.90 Å². The monoisotopic (exact) mass is 356 g/mol. The number of nitrogens with zero attached hydrogens (tertiary/aromatic N) is 1. The number of unbranched alkanes of at least 4 members (excludes halogenated alkanes) is 10. The summed E-state index contributed by atoms with van der Waals surface area (Å²) in [6, 6.07) is 0. The van der Waals surface area contributed by atoms with Crippen LogP contribution in [0.4, 0.5) is 0 Å². The molecule has 0 bridgehead atoms. The standard InChI is InChI=1S/C21H44N2O2/c1-3-5-7-9-11-13-17-23(18-14-12-10-8-6-4-2)19-15-16-22-21(25)20-24/h24H,3-20H2,1-2H3,(H,22,25). The van der Waals surface area contributed by atoms with Gasteiger partial charge in [-0.3, -0.25) is 4.79 Å². The van der Waals surface area contributed by atoms with E-state index in [1.54, 1.807) is 0 Å². The lowest BCUT2D eigenvalue weighted by atomic mass is 10.1. The fraction of sp³-hybridized carbons (Fsp3) is 0.952. The van der Waals surface area contributed by atoms with Crippen molar-refractivity contribution in [3.05, 3.63) is 0 Å². The molecule has 0 saturated carbocycles. The maximum absolute atomic E-state index is 11.1. The van der Waals surface area contributed by atoms with Crippen molar-refractivity contribution in [1.29, 1.82) is 0 Å². The van der Waals surface area contributed by atoms with Crippen LogP contribution in [0.2, 0.25) is 0 Å². The van der Waals surface area contributed by atoms with Gasteiger partial charge in [-0.05, 0) is 38.9 Å². The third-order valence-electron chi connectivity index (χ3n) is 4.77. The molecule has 1 amide bonds. The van der Waals surface area contributed by atoms with Crippen molar-refractivity contribution in [2.75, 3.05) is 32.8 Å². The average molecular weight is 357 g/mol. The Balaban J connectivity index is 3.85. The molecule has 0 aliphatic carbocycles. The second-order valence-corrected chi connectivity index (χ2v) is 7.24. The van der Waals surface area contributed by atoms with Crippen LogP contribution < -0.4 is 5.32 Å². The van der Waals surface area contributed by atoms with Crippen molar-refractivity contribution in [3.63, 3.8) is 0 Å². The first-order valence-corrected chi connectivity index (χ1v) is 10.8. The SMILES string of the molecule is CCCCCCCCN(CCCCCCCC)CCCNC(=O)CO. The normalized spacial score (nSPS) is 11.2. The Hall–Kier alpha value is -0.610. The van der Waals surface area contributed by atoms with Crippen molar-refractivity contribution in [2.24, 2.45) is 0 Å². The molecule has 0 aliphatic heterocycles. The molecule has 0 radical (unpaired) electrons. The molecule has 4 nitrogen and oxygen atoms in total. The van der Waals surface area contributed by atoms with E-state index in [4.69, 9.17) is 5.11 Å². The molecule has 0 aromatic heterocycles. The predicted octanol–water partition coefficient (Wildman–Crippen LogP) is 4.51. The smallest absolute Gasteiger partial charge is 0.245 e. The van der Waals surface area contributed by atoms with Gasteiger partial charge in [-0.15, -0.1) is 0 Å². The van der Waals surface area contributed by atoms with Crippen LogP contribution in [0.25, 0.3) is 0 Å². The Morgan fingerprint density at radius 1 is 0.720 bits per heavy atom. The molecule has 0 aromatic rings. The Morgan fingerprint density at radius 3 is 1.64 bits per heavy atom. The summed E-state index contributed by atoms with van der Waals surface area (Å²) in [4.78, 5) is 13.7. The Labute approximate surface area is 156 Å². The minimum Gasteiger partial charge on any atom is -0.387 e. The molecule has 150 valence electrons. The predicted molar refractivity (Wildman–Crippen MR) is 108 cm³/mol. The molecule has 0 heterocycles. The van der Waals surface area contributed by atoms with Gasteiger partial charge in [-0.25, -0.2) is 0 Å². The van der Waals surface area contributed by atoms with Crippen LogP contribution in [0.15, 0.2) is 0 Å². The van der Waals surface area contributed by atoms with E-state index < -0.39 is 6.61 Å². The number of aliphatic hydroxyl groups is 1. The fourth-order valence-electron chi connectivity index (χ4n) is 3.15. The minimum absolute atomic E-state index is 0.265. The molecule has 0 aliphatic rings. The van der Waals surface area contributed by atoms with Crippen LogP contribution >= 0.6 is 0 Å². The van der Waals surface area contributed by atoms with Gasteiger partial charge in [0.1, 0.15) is 6.61 Å². The molecule has 0 saturated heterocycles. The first kappa shape index (κ1) is 24.4. The number of hydrogen-bond acceptors (Lipinski definition) is 3. The largest absolute Gasteiger partial charge is 0.387 e. The van der Waals surface area contributed by atoms with Crippen molar-refractivity contribution in [3.8, 4) is 0 Å². The van der Waals surface area contributed by atoms with Crippen LogP contribution in [0.1, 0.15) is 97.3 Å².